The first-order valence-electron chi connectivity index (χ1n) is 3.60. The number of hydrogen-bond donors (Lipinski definition) is 1. The second-order valence-corrected chi connectivity index (χ2v) is 3.48. The molecular formula is C8H5N3S. The Morgan fingerprint density at radius 2 is 2.33 bits per heavy atom. The number of benzene rings is 1. The highest BCUT2D eigenvalue weighted by Gasteiger charge is 2.02. The van der Waals surface area contributed by atoms with E-state index in [1.165, 1.54) is 4.70 Å². The molecule has 0 aliphatic rings. The minimum Gasteiger partial charge on any atom is -0.278 e. The van der Waals surface area contributed by atoms with E-state index in [0.717, 1.165) is 16.4 Å². The molecule has 3 nitrogen and oxygen atoms in total. The molecule has 0 amide bonds. The van der Waals surface area contributed by atoms with Gasteiger partial charge in [0.15, 0.2) is 0 Å². The van der Waals surface area contributed by atoms with E-state index in [2.05, 4.69) is 21.2 Å². The van der Waals surface area contributed by atoms with Gasteiger partial charge in [-0.2, -0.15) is 5.10 Å². The molecule has 0 radical (unpaired) electrons. The van der Waals surface area contributed by atoms with E-state index < -0.39 is 0 Å². The predicted molar refractivity (Wildman–Crippen MR) is 49.3 cm³/mol. The van der Waals surface area contributed by atoms with Crippen molar-refractivity contribution in [1.82, 2.24) is 15.2 Å². The van der Waals surface area contributed by atoms with Crippen LogP contribution >= 0.6 is 11.3 Å². The second-order valence-electron chi connectivity index (χ2n) is 2.60. The van der Waals surface area contributed by atoms with Crippen LogP contribution in [0.5, 0.6) is 0 Å². The summed E-state index contributed by atoms with van der Waals surface area (Å²) in [5, 5.41) is 7.99. The monoisotopic (exact) mass is 175 g/mol. The first-order chi connectivity index (χ1) is 5.95. The van der Waals surface area contributed by atoms with Gasteiger partial charge in [-0.3, -0.25) is 5.10 Å². The second kappa shape index (κ2) is 2.04. The lowest BCUT2D eigenvalue weighted by Crippen LogP contribution is -1.69. The highest BCUT2D eigenvalue weighted by Crippen LogP contribution is 2.24. The van der Waals surface area contributed by atoms with E-state index >= 15 is 0 Å². The SMILES string of the molecule is c1nc2c(ccc3[nH]ncc32)s1. The average molecular weight is 175 g/mol. The van der Waals surface area contributed by atoms with E-state index in [1.807, 2.05) is 17.8 Å². The largest absolute Gasteiger partial charge is 0.278 e. The zero-order valence-electron chi connectivity index (χ0n) is 6.11. The number of thiazole rings is 1. The smallest absolute Gasteiger partial charge is 0.0921 e. The maximum Gasteiger partial charge on any atom is 0.0921 e. The van der Waals surface area contributed by atoms with Crippen molar-refractivity contribution >= 4 is 32.5 Å². The van der Waals surface area contributed by atoms with Crippen LogP contribution in [0.2, 0.25) is 0 Å². The topological polar surface area (TPSA) is 41.6 Å². The highest BCUT2D eigenvalue weighted by molar-refractivity contribution is 7.16. The van der Waals surface area contributed by atoms with Crippen LogP contribution in [0.25, 0.3) is 21.1 Å². The fourth-order valence-electron chi connectivity index (χ4n) is 1.35. The number of aromatic amines is 1. The molecule has 0 spiro atoms. The van der Waals surface area contributed by atoms with Crippen molar-refractivity contribution in [3.8, 4) is 0 Å². The lowest BCUT2D eigenvalue weighted by Gasteiger charge is -1.88. The van der Waals surface area contributed by atoms with Gasteiger partial charge in [-0.1, -0.05) is 0 Å². The molecule has 3 rings (SSSR count). The summed E-state index contributed by atoms with van der Waals surface area (Å²) in [6, 6.07) is 4.09. The lowest BCUT2D eigenvalue weighted by atomic mass is 10.2. The Labute approximate surface area is 72.1 Å². The summed E-state index contributed by atoms with van der Waals surface area (Å²) in [7, 11) is 0. The highest BCUT2D eigenvalue weighted by atomic mass is 32.1. The zero-order valence-corrected chi connectivity index (χ0v) is 6.93. The molecule has 58 valence electrons. The lowest BCUT2D eigenvalue weighted by molar-refractivity contribution is 1.12. The first kappa shape index (κ1) is 6.14. The van der Waals surface area contributed by atoms with Crippen molar-refractivity contribution in [3.05, 3.63) is 23.8 Å². The number of nitrogens with zero attached hydrogens (tertiary/aromatic N) is 2. The third-order valence-corrected chi connectivity index (χ3v) is 2.71. The van der Waals surface area contributed by atoms with Gasteiger partial charge < -0.3 is 0 Å². The quantitative estimate of drug-likeness (QED) is 0.569. The third-order valence-electron chi connectivity index (χ3n) is 1.92. The van der Waals surface area contributed by atoms with Crippen LogP contribution in [-0.2, 0) is 0 Å². The molecule has 0 fully saturated rings. The van der Waals surface area contributed by atoms with Crippen LogP contribution in [0.4, 0.5) is 0 Å². The number of hydrogen-bond acceptors (Lipinski definition) is 3. The molecule has 0 saturated heterocycles. The molecule has 0 aliphatic heterocycles. The van der Waals surface area contributed by atoms with Gasteiger partial charge in [-0.25, -0.2) is 4.98 Å². The number of nitrogens with one attached hydrogen (secondary N) is 1. The molecule has 0 aliphatic carbocycles. The van der Waals surface area contributed by atoms with E-state index in [1.54, 1.807) is 11.3 Å². The maximum absolute atomic E-state index is 4.28. The summed E-state index contributed by atoms with van der Waals surface area (Å²) >= 11 is 1.65. The normalized spacial score (nSPS) is 11.3. The number of fused-ring (bicyclic) bond motifs is 3. The Morgan fingerprint density at radius 3 is 3.33 bits per heavy atom. The molecule has 2 heterocycles. The molecule has 0 saturated carbocycles. The molecule has 0 unspecified atom stereocenters. The Hall–Kier alpha value is -1.42. The van der Waals surface area contributed by atoms with Gasteiger partial charge in [0.05, 0.1) is 27.4 Å². The van der Waals surface area contributed by atoms with E-state index in [-0.39, 0.29) is 0 Å². The van der Waals surface area contributed by atoms with Crippen molar-refractivity contribution in [3.63, 3.8) is 0 Å². The molecule has 12 heavy (non-hydrogen) atoms. The van der Waals surface area contributed by atoms with Crippen LogP contribution in [0.15, 0.2) is 23.8 Å². The Balaban J connectivity index is 2.71. The van der Waals surface area contributed by atoms with E-state index in [9.17, 15) is 0 Å². The molecule has 0 bridgehead atoms. The molecule has 4 heteroatoms. The van der Waals surface area contributed by atoms with Crippen LogP contribution in [0.1, 0.15) is 0 Å². The molecular weight excluding hydrogens is 170 g/mol. The van der Waals surface area contributed by atoms with Crippen molar-refractivity contribution in [2.24, 2.45) is 0 Å². The van der Waals surface area contributed by atoms with Crippen LogP contribution < -0.4 is 0 Å². The maximum atomic E-state index is 4.28. The molecule has 0 atom stereocenters. The minimum atomic E-state index is 1.05. The van der Waals surface area contributed by atoms with Gasteiger partial charge in [0.25, 0.3) is 0 Å². The van der Waals surface area contributed by atoms with Gasteiger partial charge >= 0.3 is 0 Å². The van der Waals surface area contributed by atoms with Crippen molar-refractivity contribution in [2.75, 3.05) is 0 Å². The van der Waals surface area contributed by atoms with Crippen LogP contribution in [-0.4, -0.2) is 15.2 Å². The van der Waals surface area contributed by atoms with Gasteiger partial charge in [0, 0.05) is 5.39 Å². The molecule has 3 aromatic rings. The summed E-state index contributed by atoms with van der Waals surface area (Å²) in [6.45, 7) is 0. The Bertz CT molecular complexity index is 487. The first-order valence-corrected chi connectivity index (χ1v) is 4.48. The van der Waals surface area contributed by atoms with Crippen molar-refractivity contribution < 1.29 is 0 Å². The number of H-pyrrole nitrogens is 1. The van der Waals surface area contributed by atoms with Crippen molar-refractivity contribution in [2.45, 2.75) is 0 Å². The van der Waals surface area contributed by atoms with Gasteiger partial charge in [0.2, 0.25) is 0 Å². The standard InChI is InChI=1S/C8H5N3S/c1-2-7-8(9-4-12-7)5-3-10-11-6(1)5/h1-4H,(H,10,11). The molecule has 1 aromatic carbocycles. The van der Waals surface area contributed by atoms with Crippen molar-refractivity contribution in [1.29, 1.82) is 0 Å². The summed E-state index contributed by atoms with van der Waals surface area (Å²) in [5.41, 5.74) is 3.96. The van der Waals surface area contributed by atoms with Gasteiger partial charge in [-0.15, -0.1) is 11.3 Å². The fraction of sp³-hybridized carbons (Fsp3) is 0. The number of rotatable bonds is 0. The summed E-state index contributed by atoms with van der Waals surface area (Å²) in [6.07, 6.45) is 1.82. The summed E-state index contributed by atoms with van der Waals surface area (Å²) in [5.74, 6) is 0. The van der Waals surface area contributed by atoms with Crippen LogP contribution in [0, 0.1) is 0 Å². The summed E-state index contributed by atoms with van der Waals surface area (Å²) < 4.78 is 1.21. The fourth-order valence-corrected chi connectivity index (χ4v) is 2.04. The molecule has 2 aromatic heterocycles. The predicted octanol–water partition coefficient (Wildman–Crippen LogP) is 2.17. The third kappa shape index (κ3) is 0.648. The van der Waals surface area contributed by atoms with Gasteiger partial charge in [-0.05, 0) is 12.1 Å². The Kier molecular flexibility index (Phi) is 1.04. The zero-order chi connectivity index (χ0) is 7.97. The average Bonchev–Trinajstić information content (AvgIpc) is 2.71. The van der Waals surface area contributed by atoms with Gasteiger partial charge in [0.1, 0.15) is 0 Å². The Morgan fingerprint density at radius 1 is 1.33 bits per heavy atom. The molecule has 1 N–H and O–H groups in total. The van der Waals surface area contributed by atoms with Crippen LogP contribution in [0.3, 0.4) is 0 Å². The summed E-state index contributed by atoms with van der Waals surface area (Å²) in [4.78, 5) is 4.28. The van der Waals surface area contributed by atoms with E-state index in [4.69, 9.17) is 0 Å². The number of aromatic nitrogens is 3. The minimum absolute atomic E-state index is 1.05. The van der Waals surface area contributed by atoms with E-state index in [0.29, 0.717) is 0 Å².